The Hall–Kier alpha value is -0.570. The topological polar surface area (TPSA) is 32.3 Å². The van der Waals surface area contributed by atoms with E-state index in [1.54, 1.807) is 0 Å². The van der Waals surface area contributed by atoms with E-state index in [0.29, 0.717) is 11.9 Å². The van der Waals surface area contributed by atoms with Gasteiger partial charge in [-0.15, -0.1) is 0 Å². The molecule has 2 fully saturated rings. The molecule has 0 aromatic heterocycles. The number of amides is 1. The highest BCUT2D eigenvalue weighted by Crippen LogP contribution is 2.24. The Morgan fingerprint density at radius 2 is 2.20 bits per heavy atom. The van der Waals surface area contributed by atoms with E-state index in [0.717, 1.165) is 31.8 Å². The number of nitrogens with one attached hydrogen (secondary N) is 1. The van der Waals surface area contributed by atoms with Gasteiger partial charge in [0.05, 0.1) is 0 Å². The molecule has 0 radical (unpaired) electrons. The van der Waals surface area contributed by atoms with Crippen molar-refractivity contribution in [3.05, 3.63) is 0 Å². The SMILES string of the molecule is CN(C(=O)CCC1CCNC1)C1CCC1. The molecule has 1 aliphatic heterocycles. The van der Waals surface area contributed by atoms with Crippen molar-refractivity contribution >= 4 is 5.91 Å². The predicted octanol–water partition coefficient (Wildman–Crippen LogP) is 1.39. The average Bonchev–Trinajstić information content (AvgIpc) is 2.63. The number of nitrogens with zero attached hydrogens (tertiary/aromatic N) is 1. The van der Waals surface area contributed by atoms with Gasteiger partial charge in [0.2, 0.25) is 5.91 Å². The monoisotopic (exact) mass is 210 g/mol. The van der Waals surface area contributed by atoms with Crippen molar-refractivity contribution in [3.8, 4) is 0 Å². The van der Waals surface area contributed by atoms with Crippen molar-refractivity contribution in [3.63, 3.8) is 0 Å². The molecule has 0 spiro atoms. The van der Waals surface area contributed by atoms with E-state index in [1.807, 2.05) is 11.9 Å². The third kappa shape index (κ3) is 2.71. The zero-order valence-corrected chi connectivity index (χ0v) is 9.67. The highest BCUT2D eigenvalue weighted by atomic mass is 16.2. The van der Waals surface area contributed by atoms with Crippen LogP contribution in [0.5, 0.6) is 0 Å². The van der Waals surface area contributed by atoms with Crippen molar-refractivity contribution < 1.29 is 4.79 Å². The van der Waals surface area contributed by atoms with E-state index in [4.69, 9.17) is 0 Å². The molecule has 3 nitrogen and oxygen atoms in total. The van der Waals surface area contributed by atoms with E-state index in [2.05, 4.69) is 5.32 Å². The summed E-state index contributed by atoms with van der Waals surface area (Å²) in [6, 6.07) is 0.555. The fraction of sp³-hybridized carbons (Fsp3) is 0.917. The largest absolute Gasteiger partial charge is 0.343 e. The maximum absolute atomic E-state index is 11.8. The lowest BCUT2D eigenvalue weighted by molar-refractivity contribution is -0.133. The van der Waals surface area contributed by atoms with Gasteiger partial charge >= 0.3 is 0 Å². The van der Waals surface area contributed by atoms with Gasteiger partial charge in [0.25, 0.3) is 0 Å². The second-order valence-electron chi connectivity index (χ2n) is 4.99. The highest BCUT2D eigenvalue weighted by Gasteiger charge is 2.26. The summed E-state index contributed by atoms with van der Waals surface area (Å²) in [5, 5.41) is 3.35. The summed E-state index contributed by atoms with van der Waals surface area (Å²) in [4.78, 5) is 13.8. The third-order valence-corrected chi connectivity index (χ3v) is 3.94. The lowest BCUT2D eigenvalue weighted by Gasteiger charge is -2.35. The molecule has 15 heavy (non-hydrogen) atoms. The van der Waals surface area contributed by atoms with Gasteiger partial charge in [0, 0.05) is 19.5 Å². The predicted molar refractivity (Wildman–Crippen MR) is 60.6 cm³/mol. The Labute approximate surface area is 92.2 Å². The van der Waals surface area contributed by atoms with Crippen molar-refractivity contribution in [2.24, 2.45) is 5.92 Å². The first kappa shape index (κ1) is 10.9. The molecule has 1 N–H and O–H groups in total. The summed E-state index contributed by atoms with van der Waals surface area (Å²) in [6.45, 7) is 2.25. The number of carbonyl (C=O) groups excluding carboxylic acids is 1. The standard InChI is InChI=1S/C12H22N2O/c1-14(11-3-2-4-11)12(15)6-5-10-7-8-13-9-10/h10-11,13H,2-9H2,1H3. The Kier molecular flexibility index (Phi) is 3.62. The molecular formula is C12H22N2O. The van der Waals surface area contributed by atoms with Crippen molar-refractivity contribution in [2.45, 2.75) is 44.6 Å². The molecule has 2 aliphatic rings. The molecule has 1 amide bonds. The Morgan fingerprint density at radius 1 is 1.40 bits per heavy atom. The van der Waals surface area contributed by atoms with Crippen molar-refractivity contribution in [1.29, 1.82) is 0 Å². The first-order valence-corrected chi connectivity index (χ1v) is 6.24. The first-order chi connectivity index (χ1) is 7.27. The van der Waals surface area contributed by atoms with Crippen LogP contribution in [0.15, 0.2) is 0 Å². The lowest BCUT2D eigenvalue weighted by Crippen LogP contribution is -2.41. The smallest absolute Gasteiger partial charge is 0.222 e. The van der Waals surface area contributed by atoms with Gasteiger partial charge < -0.3 is 10.2 Å². The molecule has 0 aromatic carbocycles. The molecule has 86 valence electrons. The van der Waals surface area contributed by atoms with E-state index >= 15 is 0 Å². The fourth-order valence-corrected chi connectivity index (χ4v) is 2.44. The Morgan fingerprint density at radius 3 is 2.73 bits per heavy atom. The van der Waals surface area contributed by atoms with Crippen LogP contribution in [0.1, 0.15) is 38.5 Å². The summed E-state index contributed by atoms with van der Waals surface area (Å²) < 4.78 is 0. The van der Waals surface area contributed by atoms with Crippen LogP contribution in [-0.4, -0.2) is 37.0 Å². The molecule has 1 atom stereocenters. The zero-order chi connectivity index (χ0) is 10.7. The first-order valence-electron chi connectivity index (χ1n) is 6.24. The van der Waals surface area contributed by atoms with Crippen LogP contribution in [-0.2, 0) is 4.79 Å². The number of hydrogen-bond acceptors (Lipinski definition) is 2. The zero-order valence-electron chi connectivity index (χ0n) is 9.67. The fourth-order valence-electron chi connectivity index (χ4n) is 2.44. The van der Waals surface area contributed by atoms with E-state index in [-0.39, 0.29) is 0 Å². The molecule has 3 heteroatoms. The van der Waals surface area contributed by atoms with Crippen LogP contribution in [0.2, 0.25) is 0 Å². The molecular weight excluding hydrogens is 188 g/mol. The highest BCUT2D eigenvalue weighted by molar-refractivity contribution is 5.76. The van der Waals surface area contributed by atoms with Crippen LogP contribution in [0.4, 0.5) is 0 Å². The van der Waals surface area contributed by atoms with Gasteiger partial charge in [0.15, 0.2) is 0 Å². The molecule has 0 bridgehead atoms. The summed E-state index contributed by atoms with van der Waals surface area (Å²) in [7, 11) is 1.97. The van der Waals surface area contributed by atoms with E-state index in [9.17, 15) is 4.79 Å². The molecule has 2 rings (SSSR count). The minimum Gasteiger partial charge on any atom is -0.343 e. The Balaban J connectivity index is 1.66. The number of carbonyl (C=O) groups is 1. The van der Waals surface area contributed by atoms with Gasteiger partial charge in [-0.2, -0.15) is 0 Å². The third-order valence-electron chi connectivity index (χ3n) is 3.94. The van der Waals surface area contributed by atoms with E-state index < -0.39 is 0 Å². The number of rotatable bonds is 4. The maximum atomic E-state index is 11.8. The van der Waals surface area contributed by atoms with Crippen LogP contribution in [0, 0.1) is 5.92 Å². The van der Waals surface area contributed by atoms with Gasteiger partial charge in [-0.25, -0.2) is 0 Å². The van der Waals surface area contributed by atoms with Crippen LogP contribution in [0.25, 0.3) is 0 Å². The molecule has 1 unspecified atom stereocenters. The summed E-state index contributed by atoms with van der Waals surface area (Å²) in [5.74, 6) is 1.09. The average molecular weight is 210 g/mol. The lowest BCUT2D eigenvalue weighted by atomic mass is 9.91. The quantitative estimate of drug-likeness (QED) is 0.760. The van der Waals surface area contributed by atoms with Crippen molar-refractivity contribution in [1.82, 2.24) is 10.2 Å². The van der Waals surface area contributed by atoms with Crippen LogP contribution >= 0.6 is 0 Å². The summed E-state index contributed by atoms with van der Waals surface area (Å²) >= 11 is 0. The van der Waals surface area contributed by atoms with Gasteiger partial charge in [-0.1, -0.05) is 0 Å². The minimum absolute atomic E-state index is 0.353. The van der Waals surface area contributed by atoms with Gasteiger partial charge in [0.1, 0.15) is 0 Å². The summed E-state index contributed by atoms with van der Waals surface area (Å²) in [5.41, 5.74) is 0. The molecule has 0 aromatic rings. The van der Waals surface area contributed by atoms with E-state index in [1.165, 1.54) is 25.7 Å². The second kappa shape index (κ2) is 4.97. The van der Waals surface area contributed by atoms with Gasteiger partial charge in [-0.05, 0) is 51.1 Å². The number of hydrogen-bond donors (Lipinski definition) is 1. The van der Waals surface area contributed by atoms with Crippen LogP contribution < -0.4 is 5.32 Å². The molecule has 1 saturated heterocycles. The normalized spacial score (nSPS) is 26.3. The minimum atomic E-state index is 0.353. The van der Waals surface area contributed by atoms with Crippen LogP contribution in [0.3, 0.4) is 0 Å². The van der Waals surface area contributed by atoms with Gasteiger partial charge in [-0.3, -0.25) is 4.79 Å². The summed E-state index contributed by atoms with van der Waals surface area (Å²) in [6.07, 6.45) is 6.80. The second-order valence-corrected chi connectivity index (χ2v) is 4.99. The maximum Gasteiger partial charge on any atom is 0.222 e. The Bertz CT molecular complexity index is 220. The van der Waals surface area contributed by atoms with Crippen molar-refractivity contribution in [2.75, 3.05) is 20.1 Å². The molecule has 1 saturated carbocycles. The molecule has 1 heterocycles. The molecule has 1 aliphatic carbocycles.